The molecule has 1 saturated heterocycles. The van der Waals surface area contributed by atoms with Crippen molar-refractivity contribution in [2.24, 2.45) is 0 Å². The van der Waals surface area contributed by atoms with Gasteiger partial charge in [0.2, 0.25) is 5.67 Å². The molecule has 0 bridgehead atoms. The van der Waals surface area contributed by atoms with Crippen molar-refractivity contribution in [3.63, 3.8) is 0 Å². The number of aromatic nitrogens is 2. The molecule has 1 fully saturated rings. The zero-order chi connectivity index (χ0) is 25.2. The molecular weight excluding hydrogens is 525 g/mol. The number of phosphoric ester groups is 1. The molecule has 2 rings (SSSR count). The van der Waals surface area contributed by atoms with E-state index in [9.17, 15) is 32.9 Å². The average Bonchev–Trinajstić information content (AvgIpc) is 2.87. The number of hydrogen-bond acceptors (Lipinski definition) is 11. The molecule has 1 aliphatic rings. The van der Waals surface area contributed by atoms with E-state index in [-0.39, 0.29) is 5.82 Å². The van der Waals surface area contributed by atoms with E-state index < -0.39 is 66.5 Å². The highest BCUT2D eigenvalue weighted by molar-refractivity contribution is 7.66. The number of anilines is 1. The lowest BCUT2D eigenvalue weighted by atomic mass is 9.96. The number of aliphatic hydroxyl groups excluding tert-OH is 1. The van der Waals surface area contributed by atoms with Crippen LogP contribution < -0.4 is 11.4 Å². The van der Waals surface area contributed by atoms with E-state index in [1.807, 2.05) is 0 Å². The van der Waals surface area contributed by atoms with Crippen LogP contribution in [0.5, 0.6) is 0 Å². The maximum Gasteiger partial charge on any atom is 0.490 e. The van der Waals surface area contributed by atoms with Crippen LogP contribution in [0.3, 0.4) is 0 Å². The van der Waals surface area contributed by atoms with Gasteiger partial charge in [0.25, 0.3) is 0 Å². The van der Waals surface area contributed by atoms with E-state index in [2.05, 4.69) is 18.1 Å². The summed E-state index contributed by atoms with van der Waals surface area (Å²) in [6, 6.07) is 1.06. The van der Waals surface area contributed by atoms with Crippen LogP contribution in [0.25, 0.3) is 0 Å². The first-order valence-electron chi connectivity index (χ1n) is 8.21. The number of alkyl halides is 2. The molecule has 3 unspecified atom stereocenters. The van der Waals surface area contributed by atoms with E-state index in [4.69, 9.17) is 25.2 Å². The molecule has 16 nitrogen and oxygen atoms in total. The molecule has 1 aromatic rings. The summed E-state index contributed by atoms with van der Waals surface area (Å²) in [6.45, 7) is -2.62. The van der Waals surface area contributed by atoms with E-state index in [0.717, 1.165) is 12.3 Å². The zero-order valence-electron chi connectivity index (χ0n) is 15.9. The monoisotopic (exact) mass is 541 g/mol. The van der Waals surface area contributed by atoms with Crippen LogP contribution >= 0.6 is 23.5 Å². The Hall–Kier alpha value is -1.57. The third kappa shape index (κ3) is 7.20. The van der Waals surface area contributed by atoms with Crippen molar-refractivity contribution in [2.75, 3.05) is 19.0 Å². The molecule has 0 saturated carbocycles. The second kappa shape index (κ2) is 9.96. The highest BCUT2D eigenvalue weighted by Gasteiger charge is 2.58. The average molecular weight is 541 g/mol. The first-order chi connectivity index (χ1) is 15.0. The van der Waals surface area contributed by atoms with Crippen LogP contribution in [0.1, 0.15) is 6.23 Å². The summed E-state index contributed by atoms with van der Waals surface area (Å²) in [5.74, 6) is 3.21. The minimum absolute atomic E-state index is 0.252. The third-order valence-corrected chi connectivity index (χ3v) is 7.52. The molecule has 0 spiro atoms. The number of aliphatic hydroxyl groups is 1. The van der Waals surface area contributed by atoms with Gasteiger partial charge in [-0.3, -0.25) is 9.09 Å². The van der Waals surface area contributed by atoms with Gasteiger partial charge in [0.15, 0.2) is 6.23 Å². The van der Waals surface area contributed by atoms with Gasteiger partial charge in [-0.15, -0.1) is 0 Å². The standard InChI is InChI=1S/C12H16F2N3O13P3/c13-4-1-3-12(14)9(18)7(28-10(12)17-5-2-8(15)16-11(17)19)6-27-32(23,24)30-33(25,26)29-31(20,21)22/h2,5,7,9-10,18H,4,6H2,(H,23,24)(H,25,26)(H2,15,16,19)(H2,20,21,22)/t7-,9+,10-,12?/m1/s1. The smallest absolute Gasteiger partial charge is 0.386 e. The molecule has 1 aromatic heterocycles. The lowest BCUT2D eigenvalue weighted by Crippen LogP contribution is -2.44. The zero-order valence-corrected chi connectivity index (χ0v) is 18.6. The van der Waals surface area contributed by atoms with E-state index >= 15 is 4.39 Å². The second-order valence-electron chi connectivity index (χ2n) is 6.10. The largest absolute Gasteiger partial charge is 0.490 e. The van der Waals surface area contributed by atoms with Crippen LogP contribution in [-0.2, 0) is 31.6 Å². The molecule has 0 radical (unpaired) electrons. The van der Waals surface area contributed by atoms with Crippen molar-refractivity contribution >= 4 is 29.3 Å². The summed E-state index contributed by atoms with van der Waals surface area (Å²) >= 11 is 0. The fraction of sp³-hybridized carbons (Fsp3) is 0.500. The quantitative estimate of drug-likeness (QED) is 0.172. The van der Waals surface area contributed by atoms with Gasteiger partial charge in [0, 0.05) is 6.20 Å². The summed E-state index contributed by atoms with van der Waals surface area (Å²) < 4.78 is 78.7. The lowest BCUT2D eigenvalue weighted by molar-refractivity contribution is -0.0534. The van der Waals surface area contributed by atoms with Crippen LogP contribution in [0, 0.1) is 11.8 Å². The summed E-state index contributed by atoms with van der Waals surface area (Å²) in [4.78, 5) is 50.9. The highest BCUT2D eigenvalue weighted by Crippen LogP contribution is 2.66. The van der Waals surface area contributed by atoms with Crippen molar-refractivity contribution in [1.82, 2.24) is 9.55 Å². The number of ether oxygens (including phenoxy) is 1. The van der Waals surface area contributed by atoms with Gasteiger partial charge in [-0.05, 0) is 6.07 Å². The Bertz CT molecular complexity index is 1150. The Kier molecular flexibility index (Phi) is 8.36. The van der Waals surface area contributed by atoms with Crippen LogP contribution in [0.15, 0.2) is 17.1 Å². The molecule has 0 aliphatic carbocycles. The predicted octanol–water partition coefficient (Wildman–Crippen LogP) is -0.892. The molecule has 21 heteroatoms. The topological polar surface area (TPSA) is 250 Å². The molecule has 0 amide bonds. The van der Waals surface area contributed by atoms with E-state index in [0.29, 0.717) is 4.57 Å². The van der Waals surface area contributed by atoms with Crippen LogP contribution in [0.2, 0.25) is 0 Å². The van der Waals surface area contributed by atoms with Gasteiger partial charge < -0.3 is 35.2 Å². The Morgan fingerprint density at radius 3 is 2.42 bits per heavy atom. The number of nitrogens with zero attached hydrogens (tertiary/aromatic N) is 2. The van der Waals surface area contributed by atoms with Gasteiger partial charge in [-0.1, -0.05) is 11.8 Å². The Labute approximate surface area is 182 Å². The number of halogens is 2. The van der Waals surface area contributed by atoms with Gasteiger partial charge >= 0.3 is 29.2 Å². The molecule has 6 atom stereocenters. The van der Waals surface area contributed by atoms with Gasteiger partial charge in [0.05, 0.1) is 6.61 Å². The van der Waals surface area contributed by atoms with Crippen molar-refractivity contribution in [3.05, 3.63) is 22.7 Å². The number of nitrogen functional groups attached to an aromatic ring is 1. The molecule has 1 aliphatic heterocycles. The predicted molar refractivity (Wildman–Crippen MR) is 100 cm³/mol. The SMILES string of the molecule is Nc1ccn([C@@H]2O[C@H](COP(=O)(O)OP(=O)(O)OP(=O)(O)O)[C@H](O)C2(F)C#CCF)c(=O)n1. The summed E-state index contributed by atoms with van der Waals surface area (Å²) in [7, 11) is -17.1. The van der Waals surface area contributed by atoms with Crippen molar-refractivity contribution in [3.8, 4) is 11.8 Å². The normalized spacial score (nSPS) is 29.0. The third-order valence-electron chi connectivity index (χ3n) is 3.71. The van der Waals surface area contributed by atoms with Gasteiger partial charge in [-0.2, -0.15) is 13.6 Å². The summed E-state index contributed by atoms with van der Waals surface area (Å²) in [6.07, 6.45) is -5.43. The number of hydrogen-bond donors (Lipinski definition) is 6. The first kappa shape index (κ1) is 27.7. The molecular formula is C12H16F2N3O13P3. The van der Waals surface area contributed by atoms with Crippen LogP contribution in [-0.4, -0.2) is 65.4 Å². The fourth-order valence-corrected chi connectivity index (χ4v) is 5.56. The van der Waals surface area contributed by atoms with Crippen LogP contribution in [0.4, 0.5) is 14.6 Å². The Balaban J connectivity index is 2.26. The Morgan fingerprint density at radius 1 is 1.24 bits per heavy atom. The van der Waals surface area contributed by atoms with E-state index in [1.165, 1.54) is 0 Å². The number of rotatable bonds is 8. The molecule has 0 aromatic carbocycles. The number of nitrogens with two attached hydrogens (primary N) is 1. The second-order valence-corrected chi connectivity index (χ2v) is 10.5. The van der Waals surface area contributed by atoms with Crippen molar-refractivity contribution in [1.29, 1.82) is 0 Å². The van der Waals surface area contributed by atoms with Crippen molar-refractivity contribution < 1.29 is 65.0 Å². The lowest BCUT2D eigenvalue weighted by Gasteiger charge is -2.24. The van der Waals surface area contributed by atoms with Gasteiger partial charge in [0.1, 0.15) is 24.7 Å². The van der Waals surface area contributed by atoms with Crippen molar-refractivity contribution in [2.45, 2.75) is 24.1 Å². The van der Waals surface area contributed by atoms with E-state index in [1.54, 1.807) is 11.8 Å². The first-order valence-corrected chi connectivity index (χ1v) is 12.7. The maximum absolute atomic E-state index is 15.5. The summed E-state index contributed by atoms with van der Waals surface area (Å²) in [5.41, 5.74) is 0.987. The van der Waals surface area contributed by atoms with Gasteiger partial charge in [-0.25, -0.2) is 27.3 Å². The minimum Gasteiger partial charge on any atom is -0.386 e. The molecule has 2 heterocycles. The summed E-state index contributed by atoms with van der Waals surface area (Å²) in [5, 5.41) is 10.3. The minimum atomic E-state index is -5.83. The maximum atomic E-state index is 15.5. The molecule has 7 N–H and O–H groups in total. The number of phosphoric acid groups is 3. The fourth-order valence-electron chi connectivity index (χ4n) is 2.53. The Morgan fingerprint density at radius 2 is 1.88 bits per heavy atom. The molecule has 186 valence electrons. The highest BCUT2D eigenvalue weighted by atomic mass is 31.3. The molecule has 33 heavy (non-hydrogen) atoms.